The molecule has 0 radical (unpaired) electrons. The van der Waals surface area contributed by atoms with Crippen LogP contribution in [0.4, 0.5) is 11.5 Å². The zero-order valence-corrected chi connectivity index (χ0v) is 16.2. The summed E-state index contributed by atoms with van der Waals surface area (Å²) in [6.07, 6.45) is 2.86. The van der Waals surface area contributed by atoms with Gasteiger partial charge in [0.1, 0.15) is 11.6 Å². The van der Waals surface area contributed by atoms with Gasteiger partial charge in [-0.2, -0.15) is 0 Å². The maximum absolute atomic E-state index is 6.44. The molecule has 2 aromatic carbocycles. The highest BCUT2D eigenvalue weighted by Gasteiger charge is 2.14. The quantitative estimate of drug-likeness (QED) is 0.450. The first-order valence-corrected chi connectivity index (χ1v) is 9.48. The Morgan fingerprint density at radius 3 is 2.56 bits per heavy atom. The van der Waals surface area contributed by atoms with Gasteiger partial charge in [-0.05, 0) is 49.7 Å². The molecule has 0 atom stereocenters. The number of pyridine rings is 1. The monoisotopic (exact) mass is 376 g/mol. The zero-order chi connectivity index (χ0) is 18.8. The average molecular weight is 377 g/mol. The van der Waals surface area contributed by atoms with Crippen LogP contribution in [0.5, 0.6) is 0 Å². The smallest absolute Gasteiger partial charge is 0.142 e. The Balaban J connectivity index is 1.68. The van der Waals surface area contributed by atoms with Crippen molar-refractivity contribution in [1.82, 2.24) is 14.5 Å². The van der Waals surface area contributed by atoms with E-state index < -0.39 is 0 Å². The van der Waals surface area contributed by atoms with Crippen molar-refractivity contribution in [3.05, 3.63) is 71.4 Å². The number of imidazole rings is 1. The lowest BCUT2D eigenvalue weighted by Gasteiger charge is -2.10. The normalized spacial score (nSPS) is 11.1. The summed E-state index contributed by atoms with van der Waals surface area (Å²) in [7, 11) is 0. The highest BCUT2D eigenvalue weighted by atomic mass is 35.5. The van der Waals surface area contributed by atoms with Crippen LogP contribution < -0.4 is 5.32 Å². The van der Waals surface area contributed by atoms with Crippen LogP contribution >= 0.6 is 11.6 Å². The summed E-state index contributed by atoms with van der Waals surface area (Å²) in [5.41, 5.74) is 5.12. The van der Waals surface area contributed by atoms with Gasteiger partial charge in [0.15, 0.2) is 0 Å². The molecule has 0 amide bonds. The Kier molecular flexibility index (Phi) is 4.82. The van der Waals surface area contributed by atoms with E-state index in [-0.39, 0.29) is 0 Å². The predicted molar refractivity (Wildman–Crippen MR) is 113 cm³/mol. The minimum absolute atomic E-state index is 0.727. The number of para-hydroxylation sites is 1. The number of rotatable bonds is 5. The van der Waals surface area contributed by atoms with Crippen LogP contribution in [0, 0.1) is 6.92 Å². The van der Waals surface area contributed by atoms with Gasteiger partial charge >= 0.3 is 0 Å². The highest BCUT2D eigenvalue weighted by molar-refractivity contribution is 6.35. The molecule has 27 heavy (non-hydrogen) atoms. The molecular formula is C22H21ClN4. The number of nitrogens with one attached hydrogen (secondary N) is 1. The summed E-state index contributed by atoms with van der Waals surface area (Å²) in [6, 6.07) is 18.1. The molecular weight excluding hydrogens is 356 g/mol. The van der Waals surface area contributed by atoms with E-state index in [2.05, 4.69) is 40.8 Å². The van der Waals surface area contributed by atoms with Gasteiger partial charge in [-0.15, -0.1) is 0 Å². The number of hydrogen-bond acceptors (Lipinski definition) is 3. The van der Waals surface area contributed by atoms with Gasteiger partial charge in [-0.1, -0.05) is 42.3 Å². The molecule has 0 saturated heterocycles. The van der Waals surface area contributed by atoms with Crippen LogP contribution in [0.25, 0.3) is 22.4 Å². The van der Waals surface area contributed by atoms with Crippen LogP contribution in [-0.2, 0) is 6.54 Å². The van der Waals surface area contributed by atoms with Crippen LogP contribution in [0.2, 0.25) is 5.02 Å². The second-order valence-electron chi connectivity index (χ2n) is 6.62. The first-order chi connectivity index (χ1) is 13.2. The molecule has 0 aliphatic heterocycles. The van der Waals surface area contributed by atoms with E-state index in [1.807, 2.05) is 48.7 Å². The Hall–Kier alpha value is -2.85. The fourth-order valence-corrected chi connectivity index (χ4v) is 3.46. The van der Waals surface area contributed by atoms with Gasteiger partial charge in [-0.3, -0.25) is 0 Å². The lowest BCUT2D eigenvalue weighted by atomic mass is 10.2. The van der Waals surface area contributed by atoms with E-state index in [0.29, 0.717) is 0 Å². The summed E-state index contributed by atoms with van der Waals surface area (Å²) in [5.74, 6) is 1.70. The van der Waals surface area contributed by atoms with Gasteiger partial charge < -0.3 is 9.88 Å². The first kappa shape index (κ1) is 17.6. The second-order valence-corrected chi connectivity index (χ2v) is 7.02. The Bertz CT molecular complexity index is 1070. The van der Waals surface area contributed by atoms with E-state index in [4.69, 9.17) is 16.6 Å². The molecule has 0 unspecified atom stereocenters. The zero-order valence-electron chi connectivity index (χ0n) is 15.4. The Morgan fingerprint density at radius 1 is 1.04 bits per heavy atom. The lowest BCUT2D eigenvalue weighted by molar-refractivity contribution is 0.704. The first-order valence-electron chi connectivity index (χ1n) is 9.10. The van der Waals surface area contributed by atoms with Crippen molar-refractivity contribution in [2.45, 2.75) is 26.8 Å². The molecule has 5 heteroatoms. The third-order valence-electron chi connectivity index (χ3n) is 4.51. The van der Waals surface area contributed by atoms with Crippen molar-refractivity contribution in [2.75, 3.05) is 5.32 Å². The molecule has 4 aromatic rings. The topological polar surface area (TPSA) is 42.7 Å². The Labute approximate surface area is 163 Å². The van der Waals surface area contributed by atoms with Gasteiger partial charge in [0, 0.05) is 24.0 Å². The molecule has 2 heterocycles. The van der Waals surface area contributed by atoms with Gasteiger partial charge in [-0.25, -0.2) is 9.97 Å². The minimum Gasteiger partial charge on any atom is -0.340 e. The van der Waals surface area contributed by atoms with Crippen LogP contribution in [-0.4, -0.2) is 14.5 Å². The van der Waals surface area contributed by atoms with E-state index in [1.54, 1.807) is 0 Å². The summed E-state index contributed by atoms with van der Waals surface area (Å²) >= 11 is 6.44. The number of nitrogens with zero attached hydrogens (tertiary/aromatic N) is 3. The predicted octanol–water partition coefficient (Wildman–Crippen LogP) is 6.21. The fraction of sp³-hybridized carbons (Fsp3) is 0.182. The van der Waals surface area contributed by atoms with E-state index in [9.17, 15) is 0 Å². The van der Waals surface area contributed by atoms with Crippen LogP contribution in [0.1, 0.15) is 18.9 Å². The van der Waals surface area contributed by atoms with Crippen molar-refractivity contribution in [3.8, 4) is 11.4 Å². The van der Waals surface area contributed by atoms with Crippen molar-refractivity contribution in [1.29, 1.82) is 0 Å². The molecule has 0 aliphatic rings. The molecule has 0 bridgehead atoms. The third kappa shape index (κ3) is 3.53. The number of aryl methyl sites for hydroxylation is 2. The number of halogens is 1. The van der Waals surface area contributed by atoms with Gasteiger partial charge in [0.05, 0.1) is 16.1 Å². The van der Waals surface area contributed by atoms with E-state index in [0.717, 1.165) is 51.9 Å². The molecule has 0 aliphatic carbocycles. The summed E-state index contributed by atoms with van der Waals surface area (Å²) in [6.45, 7) is 5.09. The Morgan fingerprint density at radius 2 is 1.85 bits per heavy atom. The maximum atomic E-state index is 6.44. The van der Waals surface area contributed by atoms with Crippen molar-refractivity contribution in [3.63, 3.8) is 0 Å². The third-order valence-corrected chi connectivity index (χ3v) is 4.82. The fourth-order valence-electron chi connectivity index (χ4n) is 3.19. The maximum Gasteiger partial charge on any atom is 0.142 e. The summed E-state index contributed by atoms with van der Waals surface area (Å²) in [5, 5.41) is 4.05. The SMILES string of the molecule is CCCn1c(-c2ccc(Nc3ccc(C)cc3)nc2)nc2cccc(Cl)c21. The van der Waals surface area contributed by atoms with Gasteiger partial charge in [0.25, 0.3) is 0 Å². The summed E-state index contributed by atoms with van der Waals surface area (Å²) < 4.78 is 2.18. The number of hydrogen-bond donors (Lipinski definition) is 1. The van der Waals surface area contributed by atoms with Gasteiger partial charge in [0.2, 0.25) is 0 Å². The number of benzene rings is 2. The number of aromatic nitrogens is 3. The van der Waals surface area contributed by atoms with Crippen molar-refractivity contribution < 1.29 is 0 Å². The van der Waals surface area contributed by atoms with Crippen LogP contribution in [0.3, 0.4) is 0 Å². The number of anilines is 2. The molecule has 4 rings (SSSR count). The van der Waals surface area contributed by atoms with E-state index in [1.165, 1.54) is 5.56 Å². The molecule has 136 valence electrons. The second kappa shape index (κ2) is 7.41. The largest absolute Gasteiger partial charge is 0.340 e. The standard InChI is InChI=1S/C22H21ClN4/c1-3-13-27-21-18(23)5-4-6-19(21)26-22(27)16-9-12-20(24-14-16)25-17-10-7-15(2)8-11-17/h4-12,14H,3,13H2,1-2H3,(H,24,25). The van der Waals surface area contributed by atoms with Crippen LogP contribution in [0.15, 0.2) is 60.8 Å². The van der Waals surface area contributed by atoms with Crippen molar-refractivity contribution >= 4 is 34.1 Å². The summed E-state index contributed by atoms with van der Waals surface area (Å²) in [4.78, 5) is 9.37. The molecule has 2 aromatic heterocycles. The molecule has 0 spiro atoms. The average Bonchev–Trinajstić information content (AvgIpc) is 3.04. The van der Waals surface area contributed by atoms with Crippen molar-refractivity contribution in [2.24, 2.45) is 0 Å². The number of fused-ring (bicyclic) bond motifs is 1. The molecule has 1 N–H and O–H groups in total. The minimum atomic E-state index is 0.727. The molecule has 0 fully saturated rings. The highest BCUT2D eigenvalue weighted by Crippen LogP contribution is 2.30. The molecule has 0 saturated carbocycles. The van der Waals surface area contributed by atoms with E-state index >= 15 is 0 Å². The lowest BCUT2D eigenvalue weighted by Crippen LogP contribution is -2.01. The molecule has 4 nitrogen and oxygen atoms in total.